The predicted octanol–water partition coefficient (Wildman–Crippen LogP) is 2.71. The topological polar surface area (TPSA) is 40.5 Å². The normalized spacial score (nSPS) is 15.1. The van der Waals surface area contributed by atoms with E-state index in [0.717, 1.165) is 18.0 Å². The van der Waals surface area contributed by atoms with Crippen LogP contribution in [0.2, 0.25) is 0 Å². The lowest BCUT2D eigenvalue weighted by molar-refractivity contribution is 0.0697. The molecule has 1 aromatic carbocycles. The maximum atomic E-state index is 10.9. The third kappa shape index (κ3) is 2.02. The summed E-state index contributed by atoms with van der Waals surface area (Å²) in [5.74, 6) is 0.208. The molecule has 0 atom stereocenters. The van der Waals surface area contributed by atoms with E-state index in [1.165, 1.54) is 4.90 Å². The van der Waals surface area contributed by atoms with Gasteiger partial charge in [0.25, 0.3) is 0 Å². The summed E-state index contributed by atoms with van der Waals surface area (Å²) in [5, 5.41) is 8.99. The SMILES string of the molecule is CC(C)N1CCSc2ccc(C(=O)O)cc21. The minimum Gasteiger partial charge on any atom is -0.478 e. The Morgan fingerprint density at radius 3 is 2.88 bits per heavy atom. The third-order valence-corrected chi connectivity index (χ3v) is 3.77. The first-order valence-corrected chi connectivity index (χ1v) is 6.35. The van der Waals surface area contributed by atoms with Crippen LogP contribution < -0.4 is 4.90 Å². The Kier molecular flexibility index (Phi) is 3.10. The van der Waals surface area contributed by atoms with E-state index in [1.54, 1.807) is 23.9 Å². The van der Waals surface area contributed by atoms with Gasteiger partial charge in [0, 0.05) is 23.2 Å². The lowest BCUT2D eigenvalue weighted by Gasteiger charge is -2.34. The molecule has 0 saturated carbocycles. The molecule has 2 rings (SSSR count). The second-order valence-corrected chi connectivity index (χ2v) is 5.26. The minimum absolute atomic E-state index is 0.368. The van der Waals surface area contributed by atoms with Gasteiger partial charge < -0.3 is 10.0 Å². The molecule has 1 aliphatic rings. The largest absolute Gasteiger partial charge is 0.478 e. The molecule has 0 bridgehead atoms. The van der Waals surface area contributed by atoms with Gasteiger partial charge >= 0.3 is 5.97 Å². The van der Waals surface area contributed by atoms with E-state index in [4.69, 9.17) is 5.11 Å². The highest BCUT2D eigenvalue weighted by molar-refractivity contribution is 7.99. The van der Waals surface area contributed by atoms with Crippen LogP contribution in [0.4, 0.5) is 5.69 Å². The van der Waals surface area contributed by atoms with Crippen molar-refractivity contribution in [3.05, 3.63) is 23.8 Å². The molecule has 3 nitrogen and oxygen atoms in total. The summed E-state index contributed by atoms with van der Waals surface area (Å²) in [6, 6.07) is 5.78. The molecule has 0 aromatic heterocycles. The first-order chi connectivity index (χ1) is 7.59. The molecule has 4 heteroatoms. The van der Waals surface area contributed by atoms with Crippen LogP contribution in [0, 0.1) is 0 Å². The Morgan fingerprint density at radius 2 is 2.25 bits per heavy atom. The van der Waals surface area contributed by atoms with Crippen molar-refractivity contribution in [2.75, 3.05) is 17.2 Å². The lowest BCUT2D eigenvalue weighted by Crippen LogP contribution is -2.35. The van der Waals surface area contributed by atoms with Crippen LogP contribution in [0.3, 0.4) is 0 Å². The van der Waals surface area contributed by atoms with Gasteiger partial charge in [-0.2, -0.15) is 0 Å². The van der Waals surface area contributed by atoms with Gasteiger partial charge in [0.15, 0.2) is 0 Å². The second kappa shape index (κ2) is 4.37. The molecule has 0 amide bonds. The van der Waals surface area contributed by atoms with Gasteiger partial charge in [-0.1, -0.05) is 0 Å². The monoisotopic (exact) mass is 237 g/mol. The molecule has 16 heavy (non-hydrogen) atoms. The van der Waals surface area contributed by atoms with Gasteiger partial charge in [0.05, 0.1) is 11.3 Å². The fourth-order valence-electron chi connectivity index (χ4n) is 1.91. The van der Waals surface area contributed by atoms with Crippen LogP contribution in [-0.4, -0.2) is 29.4 Å². The third-order valence-electron chi connectivity index (χ3n) is 2.73. The first kappa shape index (κ1) is 11.3. The maximum absolute atomic E-state index is 10.9. The fraction of sp³-hybridized carbons (Fsp3) is 0.417. The Labute approximate surface area is 99.5 Å². The summed E-state index contributed by atoms with van der Waals surface area (Å²) < 4.78 is 0. The predicted molar refractivity (Wildman–Crippen MR) is 66.6 cm³/mol. The molecule has 86 valence electrons. The van der Waals surface area contributed by atoms with E-state index < -0.39 is 5.97 Å². The number of rotatable bonds is 2. The molecule has 0 spiro atoms. The number of anilines is 1. The number of carboxylic acid groups (broad SMARTS) is 1. The van der Waals surface area contributed by atoms with Crippen molar-refractivity contribution < 1.29 is 9.90 Å². The van der Waals surface area contributed by atoms with E-state index >= 15 is 0 Å². The van der Waals surface area contributed by atoms with Gasteiger partial charge in [-0.15, -0.1) is 11.8 Å². The smallest absolute Gasteiger partial charge is 0.335 e. The van der Waals surface area contributed by atoms with Gasteiger partial charge in [-0.3, -0.25) is 0 Å². The van der Waals surface area contributed by atoms with Crippen LogP contribution in [-0.2, 0) is 0 Å². The zero-order valence-electron chi connectivity index (χ0n) is 9.43. The fourth-order valence-corrected chi connectivity index (χ4v) is 2.90. The number of hydrogen-bond acceptors (Lipinski definition) is 3. The molecular weight excluding hydrogens is 222 g/mol. The van der Waals surface area contributed by atoms with Gasteiger partial charge in [0.1, 0.15) is 0 Å². The number of nitrogens with zero attached hydrogens (tertiary/aromatic N) is 1. The number of hydrogen-bond donors (Lipinski definition) is 1. The highest BCUT2D eigenvalue weighted by Crippen LogP contribution is 2.36. The number of thioether (sulfide) groups is 1. The van der Waals surface area contributed by atoms with Gasteiger partial charge in [-0.05, 0) is 32.0 Å². The molecule has 1 aliphatic heterocycles. The van der Waals surface area contributed by atoms with E-state index in [9.17, 15) is 4.79 Å². The van der Waals surface area contributed by atoms with E-state index in [-0.39, 0.29) is 0 Å². The molecular formula is C12H15NO2S. The Hall–Kier alpha value is -1.16. The van der Waals surface area contributed by atoms with Crippen LogP contribution in [0.1, 0.15) is 24.2 Å². The van der Waals surface area contributed by atoms with Crippen LogP contribution in [0.5, 0.6) is 0 Å². The lowest BCUT2D eigenvalue weighted by atomic mass is 10.1. The number of carboxylic acids is 1. The standard InChI is InChI=1S/C12H15NO2S/c1-8(2)13-5-6-16-11-4-3-9(12(14)15)7-10(11)13/h3-4,7-8H,5-6H2,1-2H3,(H,14,15). The molecule has 0 unspecified atom stereocenters. The zero-order valence-corrected chi connectivity index (χ0v) is 10.3. The molecule has 1 aromatic rings. The Bertz CT molecular complexity index is 417. The van der Waals surface area contributed by atoms with Crippen molar-refractivity contribution in [3.63, 3.8) is 0 Å². The highest BCUT2D eigenvalue weighted by Gasteiger charge is 2.20. The van der Waals surface area contributed by atoms with Gasteiger partial charge in [0.2, 0.25) is 0 Å². The molecule has 1 heterocycles. The summed E-state index contributed by atoms with van der Waals surface area (Å²) in [5.41, 5.74) is 1.43. The average Bonchev–Trinajstić information content (AvgIpc) is 2.27. The van der Waals surface area contributed by atoms with Crippen molar-refractivity contribution in [2.24, 2.45) is 0 Å². The Balaban J connectivity index is 2.44. The Morgan fingerprint density at radius 1 is 1.50 bits per heavy atom. The van der Waals surface area contributed by atoms with E-state index in [0.29, 0.717) is 11.6 Å². The maximum Gasteiger partial charge on any atom is 0.335 e. The van der Waals surface area contributed by atoms with Crippen molar-refractivity contribution in [3.8, 4) is 0 Å². The molecule has 0 aliphatic carbocycles. The van der Waals surface area contributed by atoms with Gasteiger partial charge in [-0.25, -0.2) is 4.79 Å². The number of carbonyl (C=O) groups is 1. The average molecular weight is 237 g/mol. The number of aromatic carboxylic acids is 1. The van der Waals surface area contributed by atoms with Crippen LogP contribution >= 0.6 is 11.8 Å². The zero-order chi connectivity index (χ0) is 11.7. The summed E-state index contributed by atoms with van der Waals surface area (Å²) in [7, 11) is 0. The van der Waals surface area contributed by atoms with Crippen LogP contribution in [0.25, 0.3) is 0 Å². The minimum atomic E-state index is -0.859. The van der Waals surface area contributed by atoms with Crippen LogP contribution in [0.15, 0.2) is 23.1 Å². The molecule has 0 radical (unpaired) electrons. The second-order valence-electron chi connectivity index (χ2n) is 4.12. The summed E-state index contributed by atoms with van der Waals surface area (Å²) in [6.45, 7) is 5.25. The molecule has 0 saturated heterocycles. The molecule has 1 N–H and O–H groups in total. The van der Waals surface area contributed by atoms with Crippen molar-refractivity contribution >= 4 is 23.4 Å². The van der Waals surface area contributed by atoms with E-state index in [2.05, 4.69) is 18.7 Å². The summed E-state index contributed by atoms with van der Waals surface area (Å²) >= 11 is 1.80. The number of fused-ring (bicyclic) bond motifs is 1. The molecule has 0 fully saturated rings. The summed E-state index contributed by atoms with van der Waals surface area (Å²) in [6.07, 6.45) is 0. The van der Waals surface area contributed by atoms with Crippen molar-refractivity contribution in [1.29, 1.82) is 0 Å². The first-order valence-electron chi connectivity index (χ1n) is 5.36. The van der Waals surface area contributed by atoms with E-state index in [1.807, 2.05) is 6.07 Å². The summed E-state index contributed by atoms with van der Waals surface area (Å²) in [4.78, 5) is 14.4. The van der Waals surface area contributed by atoms with Crippen molar-refractivity contribution in [2.45, 2.75) is 24.8 Å². The quantitative estimate of drug-likeness (QED) is 0.858. The highest BCUT2D eigenvalue weighted by atomic mass is 32.2. The van der Waals surface area contributed by atoms with Crippen molar-refractivity contribution in [1.82, 2.24) is 0 Å². The number of benzene rings is 1.